The van der Waals surface area contributed by atoms with E-state index in [1.165, 1.54) is 22.1 Å². The second-order valence-corrected chi connectivity index (χ2v) is 10.0. The molecule has 5 N–H and O–H groups in total. The summed E-state index contributed by atoms with van der Waals surface area (Å²) in [6.45, 7) is 7.54. The largest absolute Gasteiger partial charge is 0.376 e. The Hall–Kier alpha value is -5.53. The first-order valence-corrected chi connectivity index (χ1v) is 13.9. The lowest BCUT2D eigenvalue weighted by Crippen LogP contribution is -2.27. The number of imidazole rings is 1. The van der Waals surface area contributed by atoms with Crippen molar-refractivity contribution in [1.82, 2.24) is 39.7 Å². The van der Waals surface area contributed by atoms with E-state index in [0.29, 0.717) is 29.5 Å². The van der Waals surface area contributed by atoms with Crippen LogP contribution in [0.25, 0.3) is 17.1 Å². The van der Waals surface area contributed by atoms with Gasteiger partial charge >= 0.3 is 0 Å². The minimum Gasteiger partial charge on any atom is -0.376 e. The standard InChI is InChI=1S/C28H32N14O2/c1-5-6-7-31-25-22(26(41(14-43)15-44)37-27(35-25)34-21-17(3)8-16(2)9-18(21)4)38-39-23-19(10-29)12-42(40-23)28-33-20-11-30-13-32-24(20)36-28/h8-9,11-13,43-44H,5-7,14-15H2,1-4H3,(H,30,32,33,36)(H2,31,34,35,37). The maximum Gasteiger partial charge on any atom is 0.231 e. The number of fused-ring (bicyclic) bond motifs is 1. The Morgan fingerprint density at radius 2 is 1.86 bits per heavy atom. The molecule has 0 atom stereocenters. The van der Waals surface area contributed by atoms with Gasteiger partial charge in [0, 0.05) is 12.2 Å². The van der Waals surface area contributed by atoms with Gasteiger partial charge in [0.2, 0.25) is 17.7 Å². The first-order chi connectivity index (χ1) is 21.3. The Bertz CT molecular complexity index is 1800. The second-order valence-electron chi connectivity index (χ2n) is 10.0. The van der Waals surface area contributed by atoms with Crippen LogP contribution in [0.15, 0.2) is 41.1 Å². The van der Waals surface area contributed by atoms with Crippen LogP contribution in [-0.4, -0.2) is 69.9 Å². The third-order valence-corrected chi connectivity index (χ3v) is 6.67. The van der Waals surface area contributed by atoms with Gasteiger partial charge in [0.05, 0.1) is 12.4 Å². The Balaban J connectivity index is 1.58. The summed E-state index contributed by atoms with van der Waals surface area (Å²) in [5, 5.41) is 49.6. The molecule has 0 aliphatic heterocycles. The highest BCUT2D eigenvalue weighted by Gasteiger charge is 2.21. The van der Waals surface area contributed by atoms with Crippen molar-refractivity contribution < 1.29 is 10.2 Å². The van der Waals surface area contributed by atoms with Crippen LogP contribution in [0.5, 0.6) is 0 Å². The highest BCUT2D eigenvalue weighted by Crippen LogP contribution is 2.37. The zero-order valence-corrected chi connectivity index (χ0v) is 24.7. The number of H-pyrrole nitrogens is 1. The minimum atomic E-state index is -0.556. The monoisotopic (exact) mass is 596 g/mol. The van der Waals surface area contributed by atoms with Crippen LogP contribution in [0.1, 0.15) is 42.0 Å². The van der Waals surface area contributed by atoms with Gasteiger partial charge < -0.3 is 30.7 Å². The number of benzene rings is 1. The predicted octanol–water partition coefficient (Wildman–Crippen LogP) is 4.20. The number of nitrogens with one attached hydrogen (secondary N) is 3. The minimum absolute atomic E-state index is 0.0113. The van der Waals surface area contributed by atoms with E-state index in [9.17, 15) is 15.5 Å². The number of anilines is 4. The number of aromatic amines is 1. The summed E-state index contributed by atoms with van der Waals surface area (Å²) in [6, 6.07) is 6.18. The number of aliphatic hydroxyl groups excluding tert-OH is 2. The average molecular weight is 597 g/mol. The van der Waals surface area contributed by atoms with Gasteiger partial charge in [0.1, 0.15) is 36.9 Å². The average Bonchev–Trinajstić information content (AvgIpc) is 3.63. The number of rotatable bonds is 12. The van der Waals surface area contributed by atoms with Crippen LogP contribution in [0.3, 0.4) is 0 Å². The molecular formula is C28H32N14O2. The van der Waals surface area contributed by atoms with Crippen molar-refractivity contribution in [2.24, 2.45) is 10.2 Å². The normalized spacial score (nSPS) is 11.3. The number of azo groups is 1. The number of hydrogen-bond donors (Lipinski definition) is 5. The second kappa shape index (κ2) is 13.2. The molecule has 5 aromatic rings. The maximum absolute atomic E-state index is 10.1. The summed E-state index contributed by atoms with van der Waals surface area (Å²) < 4.78 is 1.36. The van der Waals surface area contributed by atoms with Crippen LogP contribution in [0.2, 0.25) is 0 Å². The molecule has 0 spiro atoms. The fourth-order valence-electron chi connectivity index (χ4n) is 4.57. The lowest BCUT2D eigenvalue weighted by Gasteiger charge is -2.22. The Morgan fingerprint density at radius 1 is 1.09 bits per heavy atom. The van der Waals surface area contributed by atoms with Crippen molar-refractivity contribution in [1.29, 1.82) is 5.26 Å². The lowest BCUT2D eigenvalue weighted by atomic mass is 10.1. The molecule has 44 heavy (non-hydrogen) atoms. The molecule has 4 heterocycles. The number of aromatic nitrogens is 8. The molecule has 0 saturated carbocycles. The van der Waals surface area contributed by atoms with Crippen LogP contribution in [-0.2, 0) is 0 Å². The van der Waals surface area contributed by atoms with Gasteiger partial charge in [0.25, 0.3) is 0 Å². The van der Waals surface area contributed by atoms with Gasteiger partial charge in [-0.15, -0.1) is 15.3 Å². The van der Waals surface area contributed by atoms with E-state index in [0.717, 1.165) is 35.2 Å². The Kier molecular flexibility index (Phi) is 8.98. The van der Waals surface area contributed by atoms with Crippen molar-refractivity contribution in [3.8, 4) is 12.0 Å². The number of aryl methyl sites for hydroxylation is 3. The van der Waals surface area contributed by atoms with Crippen LogP contribution in [0.4, 0.5) is 34.8 Å². The van der Waals surface area contributed by atoms with Crippen LogP contribution < -0.4 is 15.5 Å². The maximum atomic E-state index is 10.1. The molecule has 0 aliphatic rings. The van der Waals surface area contributed by atoms with E-state index in [-0.39, 0.29) is 28.8 Å². The molecule has 4 aromatic heterocycles. The molecular weight excluding hydrogens is 564 g/mol. The highest BCUT2D eigenvalue weighted by atomic mass is 16.3. The van der Waals surface area contributed by atoms with Gasteiger partial charge in [-0.1, -0.05) is 31.0 Å². The summed E-state index contributed by atoms with van der Waals surface area (Å²) in [5.41, 5.74) is 5.30. The number of nitrogens with zero attached hydrogens (tertiary/aromatic N) is 11. The number of hydrogen-bond acceptors (Lipinski definition) is 14. The molecule has 5 rings (SSSR count). The number of unbranched alkanes of at least 4 members (excludes halogenated alkanes) is 1. The molecule has 16 heteroatoms. The Morgan fingerprint density at radius 3 is 2.55 bits per heavy atom. The van der Waals surface area contributed by atoms with E-state index < -0.39 is 13.5 Å². The van der Waals surface area contributed by atoms with E-state index in [4.69, 9.17) is 4.98 Å². The molecule has 0 unspecified atom stereocenters. The molecule has 1 aromatic carbocycles. The van der Waals surface area contributed by atoms with Crippen LogP contribution >= 0.6 is 0 Å². The van der Waals surface area contributed by atoms with Crippen molar-refractivity contribution in [2.75, 3.05) is 35.5 Å². The van der Waals surface area contributed by atoms with Gasteiger partial charge in [-0.3, -0.25) is 0 Å². The highest BCUT2D eigenvalue weighted by molar-refractivity contribution is 5.77. The molecule has 16 nitrogen and oxygen atoms in total. The smallest absolute Gasteiger partial charge is 0.231 e. The molecule has 0 bridgehead atoms. The van der Waals surface area contributed by atoms with Crippen molar-refractivity contribution in [2.45, 2.75) is 40.5 Å². The third kappa shape index (κ3) is 6.28. The molecule has 0 fully saturated rings. The summed E-state index contributed by atoms with van der Waals surface area (Å²) in [5.74, 6) is 0.990. The topological polar surface area (TPSA) is 214 Å². The van der Waals surface area contributed by atoms with Gasteiger partial charge in [-0.2, -0.15) is 20.2 Å². The van der Waals surface area contributed by atoms with Crippen molar-refractivity contribution in [3.05, 3.63) is 53.1 Å². The van der Waals surface area contributed by atoms with E-state index in [1.54, 1.807) is 6.20 Å². The summed E-state index contributed by atoms with van der Waals surface area (Å²) in [4.78, 5) is 26.0. The zero-order valence-electron chi connectivity index (χ0n) is 24.7. The molecule has 0 amide bonds. The van der Waals surface area contributed by atoms with E-state index in [1.807, 2.05) is 20.8 Å². The van der Waals surface area contributed by atoms with Gasteiger partial charge in [0.15, 0.2) is 23.0 Å². The zero-order chi connectivity index (χ0) is 31.2. The lowest BCUT2D eigenvalue weighted by molar-refractivity contribution is 0.222. The van der Waals surface area contributed by atoms with Gasteiger partial charge in [-0.25, -0.2) is 14.6 Å². The molecule has 0 saturated heterocycles. The summed E-state index contributed by atoms with van der Waals surface area (Å²) in [6.07, 6.45) is 6.21. The quantitative estimate of drug-likeness (QED) is 0.0778. The molecule has 0 radical (unpaired) electrons. The summed E-state index contributed by atoms with van der Waals surface area (Å²) >= 11 is 0. The summed E-state index contributed by atoms with van der Waals surface area (Å²) in [7, 11) is 0. The van der Waals surface area contributed by atoms with E-state index in [2.05, 4.69) is 76.0 Å². The number of aliphatic hydroxyl groups is 2. The third-order valence-electron chi connectivity index (χ3n) is 6.67. The fraction of sp³-hybridized carbons (Fsp3) is 0.321. The van der Waals surface area contributed by atoms with Crippen LogP contribution in [0, 0.1) is 32.1 Å². The predicted molar refractivity (Wildman–Crippen MR) is 164 cm³/mol. The first-order valence-electron chi connectivity index (χ1n) is 13.9. The fourth-order valence-corrected chi connectivity index (χ4v) is 4.57. The molecule has 226 valence electrons. The first kappa shape index (κ1) is 29.9. The Labute approximate surface area is 252 Å². The number of nitriles is 1. The van der Waals surface area contributed by atoms with Crippen molar-refractivity contribution in [3.63, 3.8) is 0 Å². The molecule has 0 aliphatic carbocycles. The van der Waals surface area contributed by atoms with Gasteiger partial charge in [-0.05, 0) is 38.3 Å². The van der Waals surface area contributed by atoms with Crippen molar-refractivity contribution >= 4 is 45.9 Å². The SMILES string of the molecule is CCCCNc1nc(Nc2c(C)cc(C)cc2C)nc(N(CO)CO)c1N=Nc1nn(-c2nc3ncncc3[nH]2)cc1C#N. The van der Waals surface area contributed by atoms with E-state index >= 15 is 0 Å².